The van der Waals surface area contributed by atoms with Crippen LogP contribution < -0.4 is 9.88 Å². The number of hydrogen-bond acceptors (Lipinski definition) is 4. The van der Waals surface area contributed by atoms with E-state index >= 15 is 0 Å². The molecule has 2 aromatic rings. The molecule has 0 atom stereocenters. The molecular formula is C11H11Cl2NO3S2. The smallest absolute Gasteiger partial charge is 0.247 e. The van der Waals surface area contributed by atoms with E-state index in [1.807, 2.05) is 0 Å². The van der Waals surface area contributed by atoms with Gasteiger partial charge in [0.05, 0.1) is 15.6 Å². The highest BCUT2D eigenvalue weighted by Gasteiger charge is 2.20. The maximum absolute atomic E-state index is 11.5. The zero-order chi connectivity index (χ0) is 14.2. The Kier molecular flexibility index (Phi) is 4.27. The number of hydrogen-bond donors (Lipinski definition) is 1. The summed E-state index contributed by atoms with van der Waals surface area (Å²) in [7, 11) is -3.74. The number of fused-ring (bicyclic) bond motifs is 1. The van der Waals surface area contributed by atoms with Gasteiger partial charge in [-0.1, -0.05) is 11.6 Å². The molecule has 4 nitrogen and oxygen atoms in total. The van der Waals surface area contributed by atoms with Crippen LogP contribution in [0.5, 0.6) is 5.75 Å². The van der Waals surface area contributed by atoms with Gasteiger partial charge in [0.2, 0.25) is 10.0 Å². The summed E-state index contributed by atoms with van der Waals surface area (Å²) >= 11 is 12.8. The van der Waals surface area contributed by atoms with E-state index < -0.39 is 10.0 Å². The van der Waals surface area contributed by atoms with Crippen LogP contribution in [0.4, 0.5) is 0 Å². The molecule has 1 aromatic heterocycles. The molecule has 0 aliphatic rings. The number of primary sulfonamides is 1. The molecular weight excluding hydrogens is 329 g/mol. The lowest BCUT2D eigenvalue weighted by molar-refractivity contribution is 0.343. The van der Waals surface area contributed by atoms with Gasteiger partial charge in [-0.15, -0.1) is 22.9 Å². The Hall–Kier alpha value is -0.530. The van der Waals surface area contributed by atoms with Crippen molar-refractivity contribution in [2.24, 2.45) is 5.14 Å². The minimum Gasteiger partial charge on any atom is -0.492 e. The van der Waals surface area contributed by atoms with Crippen molar-refractivity contribution in [1.82, 2.24) is 0 Å². The normalized spacial score (nSPS) is 12.0. The maximum atomic E-state index is 11.5. The first-order chi connectivity index (χ1) is 8.84. The first-order valence-electron chi connectivity index (χ1n) is 5.29. The third-order valence-electron chi connectivity index (χ3n) is 2.53. The Labute approximate surface area is 125 Å². The number of benzene rings is 1. The lowest BCUT2D eigenvalue weighted by Gasteiger charge is -2.05. The average molecular weight is 340 g/mol. The molecule has 2 N–H and O–H groups in total. The first kappa shape index (κ1) is 14.9. The summed E-state index contributed by atoms with van der Waals surface area (Å²) in [6.45, 7) is 2.05. The molecule has 0 saturated heterocycles. The molecule has 0 unspecified atom stereocenters. The number of nitrogens with two attached hydrogens (primary N) is 1. The van der Waals surface area contributed by atoms with E-state index in [1.165, 1.54) is 0 Å². The van der Waals surface area contributed by atoms with Gasteiger partial charge in [0, 0.05) is 11.5 Å². The number of rotatable bonds is 4. The van der Waals surface area contributed by atoms with E-state index in [0.29, 0.717) is 33.5 Å². The van der Waals surface area contributed by atoms with E-state index in [1.54, 1.807) is 19.1 Å². The van der Waals surface area contributed by atoms with E-state index in [0.717, 1.165) is 16.7 Å². The lowest BCUT2D eigenvalue weighted by atomic mass is 10.2. The van der Waals surface area contributed by atoms with Crippen molar-refractivity contribution in [2.75, 3.05) is 12.5 Å². The highest BCUT2D eigenvalue weighted by Crippen LogP contribution is 2.40. The van der Waals surface area contributed by atoms with Crippen LogP contribution in [0.15, 0.2) is 16.3 Å². The maximum Gasteiger partial charge on any atom is 0.247 e. The molecule has 1 aromatic carbocycles. The molecule has 19 heavy (non-hydrogen) atoms. The summed E-state index contributed by atoms with van der Waals surface area (Å²) in [4.78, 5) is 0. The average Bonchev–Trinajstić information content (AvgIpc) is 2.65. The summed E-state index contributed by atoms with van der Waals surface area (Å²) < 4.78 is 29.2. The Bertz CT molecular complexity index is 725. The second-order valence-corrected chi connectivity index (χ2v) is 7.44. The SMILES string of the molecule is Cc1c(S(N)(=O)=O)sc2c(Cl)cc(OCCCl)cc12. The zero-order valence-electron chi connectivity index (χ0n) is 9.94. The van der Waals surface area contributed by atoms with Crippen molar-refractivity contribution < 1.29 is 13.2 Å². The summed E-state index contributed by atoms with van der Waals surface area (Å²) in [6, 6.07) is 3.38. The number of alkyl halides is 1. The van der Waals surface area contributed by atoms with Gasteiger partial charge in [-0.25, -0.2) is 13.6 Å². The van der Waals surface area contributed by atoms with Crippen LogP contribution in [0, 0.1) is 6.92 Å². The third-order valence-corrected chi connectivity index (χ3v) is 6.00. The van der Waals surface area contributed by atoms with Crippen molar-refractivity contribution in [1.29, 1.82) is 0 Å². The van der Waals surface area contributed by atoms with E-state index in [2.05, 4.69) is 0 Å². The molecule has 0 saturated carbocycles. The van der Waals surface area contributed by atoms with Gasteiger partial charge in [-0.05, 0) is 18.6 Å². The summed E-state index contributed by atoms with van der Waals surface area (Å²) in [5, 5.41) is 6.34. The predicted molar refractivity (Wildman–Crippen MR) is 79.2 cm³/mol. The van der Waals surface area contributed by atoms with Gasteiger partial charge in [-0.3, -0.25) is 0 Å². The number of ether oxygens (including phenoxy) is 1. The standard InChI is InChI=1S/C11H11Cl2NO3S2/c1-6-8-4-7(17-3-2-12)5-9(13)10(8)18-11(6)19(14,15)16/h4-5H,2-3H2,1H3,(H2,14,15,16). The largest absolute Gasteiger partial charge is 0.492 e. The Balaban J connectivity index is 2.64. The fraction of sp³-hybridized carbons (Fsp3) is 0.273. The third kappa shape index (κ3) is 2.98. The van der Waals surface area contributed by atoms with Crippen molar-refractivity contribution >= 4 is 54.6 Å². The van der Waals surface area contributed by atoms with Gasteiger partial charge in [0.1, 0.15) is 16.6 Å². The van der Waals surface area contributed by atoms with Crippen LogP contribution in [-0.4, -0.2) is 20.9 Å². The van der Waals surface area contributed by atoms with Crippen molar-refractivity contribution in [3.05, 3.63) is 22.7 Å². The number of thiophene rings is 1. The van der Waals surface area contributed by atoms with Crippen molar-refractivity contribution in [3.8, 4) is 5.75 Å². The summed E-state index contributed by atoms with van der Waals surface area (Å²) in [6.07, 6.45) is 0. The first-order valence-corrected chi connectivity index (χ1v) is 8.56. The molecule has 104 valence electrons. The van der Waals surface area contributed by atoms with Crippen LogP contribution >= 0.6 is 34.5 Å². The minimum atomic E-state index is -3.74. The molecule has 0 aliphatic carbocycles. The van der Waals surface area contributed by atoms with Crippen LogP contribution in [-0.2, 0) is 10.0 Å². The quantitative estimate of drug-likeness (QED) is 0.870. The van der Waals surface area contributed by atoms with Crippen molar-refractivity contribution in [2.45, 2.75) is 11.1 Å². The fourth-order valence-corrected chi connectivity index (χ4v) is 4.32. The molecule has 0 fully saturated rings. The number of sulfonamides is 1. The van der Waals surface area contributed by atoms with E-state index in [9.17, 15) is 8.42 Å². The Morgan fingerprint density at radius 3 is 2.68 bits per heavy atom. The fourth-order valence-electron chi connectivity index (χ4n) is 1.74. The molecule has 0 amide bonds. The minimum absolute atomic E-state index is 0.124. The van der Waals surface area contributed by atoms with E-state index in [4.69, 9.17) is 33.1 Å². The van der Waals surface area contributed by atoms with Gasteiger partial charge < -0.3 is 4.74 Å². The van der Waals surface area contributed by atoms with Gasteiger partial charge in [0.25, 0.3) is 0 Å². The molecule has 1 heterocycles. The van der Waals surface area contributed by atoms with Crippen LogP contribution in [0.25, 0.3) is 10.1 Å². The summed E-state index contributed by atoms with van der Waals surface area (Å²) in [5.74, 6) is 0.917. The Morgan fingerprint density at radius 1 is 1.42 bits per heavy atom. The summed E-state index contributed by atoms with van der Waals surface area (Å²) in [5.41, 5.74) is 0.584. The Morgan fingerprint density at radius 2 is 2.11 bits per heavy atom. The highest BCUT2D eigenvalue weighted by atomic mass is 35.5. The second-order valence-electron chi connectivity index (χ2n) is 3.88. The molecule has 8 heteroatoms. The number of aryl methyl sites for hydroxylation is 1. The molecule has 0 radical (unpaired) electrons. The van der Waals surface area contributed by atoms with Gasteiger partial charge in [0.15, 0.2) is 0 Å². The van der Waals surface area contributed by atoms with Crippen molar-refractivity contribution in [3.63, 3.8) is 0 Å². The van der Waals surface area contributed by atoms with Crippen LogP contribution in [0.3, 0.4) is 0 Å². The highest BCUT2D eigenvalue weighted by molar-refractivity contribution is 7.91. The lowest BCUT2D eigenvalue weighted by Crippen LogP contribution is -2.11. The van der Waals surface area contributed by atoms with Gasteiger partial charge >= 0.3 is 0 Å². The topological polar surface area (TPSA) is 69.4 Å². The second kappa shape index (κ2) is 5.46. The van der Waals surface area contributed by atoms with Crippen LogP contribution in [0.2, 0.25) is 5.02 Å². The molecule has 0 aliphatic heterocycles. The molecule has 2 rings (SSSR count). The monoisotopic (exact) mass is 339 g/mol. The zero-order valence-corrected chi connectivity index (χ0v) is 13.1. The molecule has 0 bridgehead atoms. The number of halogens is 2. The van der Waals surface area contributed by atoms with Gasteiger partial charge in [-0.2, -0.15) is 0 Å². The molecule has 0 spiro atoms. The van der Waals surface area contributed by atoms with Crippen LogP contribution in [0.1, 0.15) is 5.56 Å². The van der Waals surface area contributed by atoms with E-state index in [-0.39, 0.29) is 4.21 Å². The predicted octanol–water partition coefficient (Wildman–Crippen LogP) is 3.13.